The van der Waals surface area contributed by atoms with E-state index in [9.17, 15) is 18.0 Å². The van der Waals surface area contributed by atoms with E-state index in [0.29, 0.717) is 6.20 Å². The molecule has 0 saturated heterocycles. The van der Waals surface area contributed by atoms with Crippen LogP contribution in [-0.2, 0) is 15.7 Å². The van der Waals surface area contributed by atoms with E-state index >= 15 is 0 Å². The first-order valence-corrected chi connectivity index (χ1v) is 5.25. The fourth-order valence-electron chi connectivity index (χ4n) is 1.23. The van der Waals surface area contributed by atoms with E-state index in [0.717, 1.165) is 12.1 Å². The molecule has 0 atom stereocenters. The van der Waals surface area contributed by atoms with Crippen molar-refractivity contribution in [3.05, 3.63) is 29.6 Å². The molecule has 1 aromatic heterocycles. The van der Waals surface area contributed by atoms with Gasteiger partial charge in [-0.05, 0) is 12.1 Å². The number of nitrogens with zero attached hydrogens (tertiary/aromatic N) is 1. The Hall–Kier alpha value is -1.67. The van der Waals surface area contributed by atoms with Gasteiger partial charge < -0.3 is 14.8 Å². The van der Waals surface area contributed by atoms with Crippen LogP contribution in [0.3, 0.4) is 0 Å². The van der Waals surface area contributed by atoms with E-state index in [-0.39, 0.29) is 12.2 Å². The van der Waals surface area contributed by atoms with Crippen molar-refractivity contribution in [1.82, 2.24) is 10.3 Å². The number of nitrogens with one attached hydrogen (secondary N) is 1. The van der Waals surface area contributed by atoms with Crippen LogP contribution in [0.2, 0.25) is 0 Å². The van der Waals surface area contributed by atoms with Gasteiger partial charge in [0, 0.05) is 20.4 Å². The topological polar surface area (TPSA) is 60.5 Å². The van der Waals surface area contributed by atoms with Crippen LogP contribution in [0.15, 0.2) is 18.3 Å². The number of ether oxygens (including phenoxy) is 2. The highest BCUT2D eigenvalue weighted by Crippen LogP contribution is 2.28. The minimum atomic E-state index is -4.47. The number of hydrogen-bond donors (Lipinski definition) is 1. The predicted octanol–water partition coefficient (Wildman–Crippen LogP) is 1.45. The lowest BCUT2D eigenvalue weighted by molar-refractivity contribution is -0.137. The molecule has 0 aromatic carbocycles. The maximum atomic E-state index is 12.3. The molecule has 0 aliphatic carbocycles. The largest absolute Gasteiger partial charge is 0.417 e. The van der Waals surface area contributed by atoms with Gasteiger partial charge in [0.15, 0.2) is 6.29 Å². The summed E-state index contributed by atoms with van der Waals surface area (Å²) in [6, 6.07) is 1.80. The highest BCUT2D eigenvalue weighted by molar-refractivity contribution is 5.92. The molecule has 0 fully saturated rings. The first-order chi connectivity index (χ1) is 8.88. The van der Waals surface area contributed by atoms with Crippen LogP contribution in [-0.4, -0.2) is 37.9 Å². The van der Waals surface area contributed by atoms with Crippen molar-refractivity contribution in [3.8, 4) is 0 Å². The first-order valence-electron chi connectivity index (χ1n) is 5.25. The van der Waals surface area contributed by atoms with Crippen LogP contribution in [0.5, 0.6) is 0 Å². The van der Waals surface area contributed by atoms with Gasteiger partial charge in [0.2, 0.25) is 0 Å². The van der Waals surface area contributed by atoms with Gasteiger partial charge in [-0.25, -0.2) is 0 Å². The molecule has 0 spiro atoms. The fourth-order valence-corrected chi connectivity index (χ4v) is 1.23. The summed E-state index contributed by atoms with van der Waals surface area (Å²) in [7, 11) is 2.80. The number of alkyl halides is 3. The van der Waals surface area contributed by atoms with Gasteiger partial charge in [0.1, 0.15) is 5.69 Å². The second-order valence-corrected chi connectivity index (χ2v) is 3.54. The second kappa shape index (κ2) is 6.48. The van der Waals surface area contributed by atoms with Crippen LogP contribution >= 0.6 is 0 Å². The van der Waals surface area contributed by atoms with Crippen molar-refractivity contribution in [3.63, 3.8) is 0 Å². The number of rotatable bonds is 5. The second-order valence-electron chi connectivity index (χ2n) is 3.54. The molecule has 106 valence electrons. The molecule has 19 heavy (non-hydrogen) atoms. The third kappa shape index (κ3) is 4.49. The third-order valence-electron chi connectivity index (χ3n) is 2.28. The average Bonchev–Trinajstić information content (AvgIpc) is 2.39. The molecule has 0 aliphatic rings. The molecule has 0 unspecified atom stereocenters. The number of pyridine rings is 1. The summed E-state index contributed by atoms with van der Waals surface area (Å²) in [5, 5.41) is 2.43. The minimum Gasteiger partial charge on any atom is -0.354 e. The highest BCUT2D eigenvalue weighted by atomic mass is 19.4. The molecule has 0 aliphatic heterocycles. The summed E-state index contributed by atoms with van der Waals surface area (Å²) in [6.45, 7) is 0.0640. The molecular weight excluding hydrogens is 265 g/mol. The smallest absolute Gasteiger partial charge is 0.354 e. The lowest BCUT2D eigenvalue weighted by Crippen LogP contribution is -2.34. The lowest BCUT2D eigenvalue weighted by atomic mass is 10.2. The summed E-state index contributed by atoms with van der Waals surface area (Å²) in [5.74, 6) is -0.604. The van der Waals surface area contributed by atoms with Crippen molar-refractivity contribution in [2.24, 2.45) is 0 Å². The Balaban J connectivity index is 2.63. The number of aromatic nitrogens is 1. The molecule has 0 bridgehead atoms. The van der Waals surface area contributed by atoms with Gasteiger partial charge in [-0.3, -0.25) is 9.78 Å². The highest BCUT2D eigenvalue weighted by Gasteiger charge is 2.30. The fraction of sp³-hybridized carbons (Fsp3) is 0.455. The molecule has 1 aromatic rings. The Morgan fingerprint density at radius 3 is 2.42 bits per heavy atom. The molecule has 1 N–H and O–H groups in total. The molecule has 8 heteroatoms. The summed E-state index contributed by atoms with van der Waals surface area (Å²) < 4.78 is 46.6. The van der Waals surface area contributed by atoms with Crippen LogP contribution in [0.25, 0.3) is 0 Å². The van der Waals surface area contributed by atoms with Crippen LogP contribution < -0.4 is 5.32 Å². The molecule has 0 radical (unpaired) electrons. The maximum Gasteiger partial charge on any atom is 0.417 e. The number of hydrogen-bond acceptors (Lipinski definition) is 4. The minimum absolute atomic E-state index is 0.0640. The Morgan fingerprint density at radius 2 is 2.00 bits per heavy atom. The lowest BCUT2D eigenvalue weighted by Gasteiger charge is -2.13. The normalized spacial score (nSPS) is 11.7. The number of carbonyl (C=O) groups excluding carboxylic acids is 1. The van der Waals surface area contributed by atoms with E-state index in [1.807, 2.05) is 0 Å². The van der Waals surface area contributed by atoms with E-state index in [4.69, 9.17) is 9.47 Å². The van der Waals surface area contributed by atoms with Gasteiger partial charge in [-0.2, -0.15) is 13.2 Å². The molecule has 1 amide bonds. The van der Waals surface area contributed by atoms with Gasteiger partial charge >= 0.3 is 6.18 Å². The summed E-state index contributed by atoms with van der Waals surface area (Å²) in [6.07, 6.45) is -4.49. The van der Waals surface area contributed by atoms with Crippen molar-refractivity contribution in [1.29, 1.82) is 0 Å². The van der Waals surface area contributed by atoms with Crippen LogP contribution in [0.1, 0.15) is 16.1 Å². The number of amides is 1. The average molecular weight is 278 g/mol. The zero-order chi connectivity index (χ0) is 14.5. The summed E-state index contributed by atoms with van der Waals surface area (Å²) >= 11 is 0. The molecule has 0 saturated carbocycles. The quantitative estimate of drug-likeness (QED) is 0.828. The van der Waals surface area contributed by atoms with E-state index < -0.39 is 23.9 Å². The number of carbonyl (C=O) groups is 1. The van der Waals surface area contributed by atoms with Crippen LogP contribution in [0, 0.1) is 0 Å². The molecule has 1 heterocycles. The zero-order valence-electron chi connectivity index (χ0n) is 10.3. The maximum absolute atomic E-state index is 12.3. The molecular formula is C11H13F3N2O3. The monoisotopic (exact) mass is 278 g/mol. The van der Waals surface area contributed by atoms with E-state index in [2.05, 4.69) is 10.3 Å². The van der Waals surface area contributed by atoms with Gasteiger partial charge in [0.05, 0.1) is 12.1 Å². The summed E-state index contributed by atoms with van der Waals surface area (Å²) in [5.41, 5.74) is -1.02. The first kappa shape index (κ1) is 15.4. The molecule has 1 rings (SSSR count). The standard InChI is InChI=1S/C11H13F3N2O3/c1-18-9(19-2)6-16-10(17)8-4-3-7(5-15-8)11(12,13)14/h3-5,9H,6H2,1-2H3,(H,16,17). The van der Waals surface area contributed by atoms with E-state index in [1.54, 1.807) is 0 Å². The predicted molar refractivity (Wildman–Crippen MR) is 59.4 cm³/mol. The Kier molecular flexibility index (Phi) is 5.25. The zero-order valence-corrected chi connectivity index (χ0v) is 10.3. The van der Waals surface area contributed by atoms with Crippen LogP contribution in [0.4, 0.5) is 13.2 Å². The Morgan fingerprint density at radius 1 is 1.37 bits per heavy atom. The Labute approximate surface area is 107 Å². The van der Waals surface area contributed by atoms with Crippen molar-refractivity contribution in [2.45, 2.75) is 12.5 Å². The SMILES string of the molecule is COC(CNC(=O)c1ccc(C(F)(F)F)cn1)OC. The van der Waals surface area contributed by atoms with Gasteiger partial charge in [0.25, 0.3) is 5.91 Å². The van der Waals surface area contributed by atoms with Crippen molar-refractivity contribution >= 4 is 5.91 Å². The summed E-state index contributed by atoms with van der Waals surface area (Å²) in [4.78, 5) is 15.0. The van der Waals surface area contributed by atoms with Gasteiger partial charge in [-0.15, -0.1) is 0 Å². The third-order valence-corrected chi connectivity index (χ3v) is 2.28. The van der Waals surface area contributed by atoms with Gasteiger partial charge in [-0.1, -0.05) is 0 Å². The van der Waals surface area contributed by atoms with Crippen molar-refractivity contribution in [2.75, 3.05) is 20.8 Å². The number of methoxy groups -OCH3 is 2. The molecule has 5 nitrogen and oxygen atoms in total. The van der Waals surface area contributed by atoms with E-state index in [1.165, 1.54) is 14.2 Å². The number of halogens is 3. The Bertz CT molecular complexity index is 416. The van der Waals surface area contributed by atoms with Crippen molar-refractivity contribution < 1.29 is 27.4 Å².